The second kappa shape index (κ2) is 7.65. The van der Waals surface area contributed by atoms with Crippen LogP contribution in [0.2, 0.25) is 0 Å². The van der Waals surface area contributed by atoms with E-state index >= 15 is 0 Å². The maximum absolute atomic E-state index is 12.9. The Labute approximate surface area is 147 Å². The van der Waals surface area contributed by atoms with Crippen LogP contribution in [0, 0.1) is 12.0 Å². The first-order valence-corrected chi connectivity index (χ1v) is 9.14. The Kier molecular flexibility index (Phi) is 5.12. The van der Waals surface area contributed by atoms with Gasteiger partial charge in [0.1, 0.15) is 4.90 Å². The number of rotatable bonds is 4. The van der Waals surface area contributed by atoms with Crippen LogP contribution in [0.25, 0.3) is 0 Å². The first-order chi connectivity index (χ1) is 12.2. The first-order valence-electron chi connectivity index (χ1n) is 7.70. The van der Waals surface area contributed by atoms with Gasteiger partial charge in [0.15, 0.2) is 0 Å². The fourth-order valence-corrected chi connectivity index (χ4v) is 3.39. The molecule has 0 radical (unpaired) electrons. The van der Waals surface area contributed by atoms with Gasteiger partial charge >= 0.3 is 0 Å². The molecule has 0 unspecified atom stereocenters. The lowest BCUT2D eigenvalue weighted by atomic mass is 10.2. The zero-order chi connectivity index (χ0) is 17.5. The molecular formula is C20H16N2O2S. The summed E-state index contributed by atoms with van der Waals surface area (Å²) in [6, 6.07) is 24.6. The molecule has 3 aromatic rings. The second-order valence-electron chi connectivity index (χ2n) is 5.29. The molecule has 2 aromatic carbocycles. The molecule has 0 bridgehead atoms. The molecule has 124 valence electrons. The second-order valence-corrected chi connectivity index (χ2v) is 7.15. The van der Waals surface area contributed by atoms with E-state index in [9.17, 15) is 8.42 Å². The average Bonchev–Trinajstić information content (AvgIpc) is 2.67. The molecule has 0 amide bonds. The first kappa shape index (κ1) is 16.7. The van der Waals surface area contributed by atoms with Gasteiger partial charge in [0.25, 0.3) is 10.0 Å². The van der Waals surface area contributed by atoms with E-state index in [1.807, 2.05) is 60.7 Å². The summed E-state index contributed by atoms with van der Waals surface area (Å²) in [6.45, 7) is 0.165. The minimum absolute atomic E-state index is 0.119. The summed E-state index contributed by atoms with van der Waals surface area (Å²) in [7, 11) is -3.77. The molecule has 3 rings (SSSR count). The van der Waals surface area contributed by atoms with E-state index in [4.69, 9.17) is 0 Å². The zero-order valence-electron chi connectivity index (χ0n) is 13.4. The van der Waals surface area contributed by atoms with Gasteiger partial charge in [-0.2, -0.15) is 0 Å². The average molecular weight is 348 g/mol. The Hall–Kier alpha value is -3.10. The number of pyridine rings is 1. The third kappa shape index (κ3) is 4.25. The van der Waals surface area contributed by atoms with Gasteiger partial charge in [0.05, 0.1) is 6.54 Å². The van der Waals surface area contributed by atoms with Gasteiger partial charge in [-0.05, 0) is 35.7 Å². The van der Waals surface area contributed by atoms with Crippen molar-refractivity contribution in [1.29, 1.82) is 0 Å². The van der Waals surface area contributed by atoms with Gasteiger partial charge in [-0.15, -0.1) is 0 Å². The highest BCUT2D eigenvalue weighted by Gasteiger charge is 2.22. The summed E-state index contributed by atoms with van der Waals surface area (Å²) in [6.07, 6.45) is 2.87. The minimum atomic E-state index is -3.77. The Bertz CT molecular complexity index is 977. The molecule has 25 heavy (non-hydrogen) atoms. The number of hydrogen-bond acceptors (Lipinski definition) is 3. The number of sulfonamides is 1. The van der Waals surface area contributed by atoms with Crippen molar-refractivity contribution in [3.05, 3.63) is 96.3 Å². The van der Waals surface area contributed by atoms with Crippen LogP contribution in [-0.2, 0) is 16.6 Å². The monoisotopic (exact) mass is 348 g/mol. The highest BCUT2D eigenvalue weighted by molar-refractivity contribution is 7.89. The molecule has 0 aliphatic rings. The van der Waals surface area contributed by atoms with Crippen LogP contribution < -0.4 is 0 Å². The summed E-state index contributed by atoms with van der Waals surface area (Å²) in [5.74, 6) is 2.92. The lowest BCUT2D eigenvalue weighted by molar-refractivity contribution is 0.508. The maximum Gasteiger partial charge on any atom is 0.272 e. The van der Waals surface area contributed by atoms with Gasteiger partial charge < -0.3 is 0 Å². The highest BCUT2D eigenvalue weighted by Crippen LogP contribution is 2.16. The predicted octanol–water partition coefficient (Wildman–Crippen LogP) is 3.28. The topological polar surface area (TPSA) is 50.3 Å². The van der Waals surface area contributed by atoms with Crippen LogP contribution in [0.5, 0.6) is 0 Å². The van der Waals surface area contributed by atoms with Crippen molar-refractivity contribution in [2.24, 2.45) is 0 Å². The number of hydrogen-bond donors (Lipinski definition) is 0. The fourth-order valence-electron chi connectivity index (χ4n) is 2.21. The Morgan fingerprint density at radius 2 is 1.56 bits per heavy atom. The van der Waals surface area contributed by atoms with E-state index in [0.29, 0.717) is 0 Å². The van der Waals surface area contributed by atoms with Gasteiger partial charge in [-0.25, -0.2) is 12.7 Å². The van der Waals surface area contributed by atoms with E-state index in [1.165, 1.54) is 18.5 Å². The van der Waals surface area contributed by atoms with E-state index in [-0.39, 0.29) is 11.4 Å². The quantitative estimate of drug-likeness (QED) is 0.537. The van der Waals surface area contributed by atoms with Crippen molar-refractivity contribution in [1.82, 2.24) is 9.29 Å². The highest BCUT2D eigenvalue weighted by atomic mass is 32.2. The number of benzene rings is 2. The molecular weight excluding hydrogens is 332 g/mol. The van der Waals surface area contributed by atoms with Crippen molar-refractivity contribution >= 4 is 10.0 Å². The summed E-state index contributed by atoms with van der Waals surface area (Å²) in [5, 5.41) is 0. The van der Waals surface area contributed by atoms with Crippen LogP contribution in [0.15, 0.2) is 90.1 Å². The lowest BCUT2D eigenvalue weighted by Crippen LogP contribution is -2.26. The molecule has 0 saturated heterocycles. The van der Waals surface area contributed by atoms with Crippen molar-refractivity contribution in [3.8, 4) is 12.0 Å². The van der Waals surface area contributed by atoms with Gasteiger partial charge in [-0.3, -0.25) is 4.98 Å². The molecule has 0 aliphatic heterocycles. The van der Waals surface area contributed by atoms with Crippen molar-refractivity contribution in [2.75, 3.05) is 0 Å². The third-order valence-electron chi connectivity index (χ3n) is 3.49. The summed E-state index contributed by atoms with van der Waals surface area (Å²) < 4.78 is 27.0. The van der Waals surface area contributed by atoms with Crippen LogP contribution in [0.1, 0.15) is 11.1 Å². The summed E-state index contributed by atoms with van der Waals surface area (Å²) >= 11 is 0. The van der Waals surface area contributed by atoms with Crippen LogP contribution in [0.3, 0.4) is 0 Å². The molecule has 0 fully saturated rings. The normalized spacial score (nSPS) is 10.6. The van der Waals surface area contributed by atoms with E-state index in [1.54, 1.807) is 6.07 Å². The molecule has 0 saturated carbocycles. The molecule has 1 heterocycles. The van der Waals surface area contributed by atoms with Crippen molar-refractivity contribution in [2.45, 2.75) is 11.4 Å². The van der Waals surface area contributed by atoms with E-state index < -0.39 is 10.0 Å². The molecule has 0 N–H and O–H groups in total. The van der Waals surface area contributed by atoms with Gasteiger partial charge in [0.2, 0.25) is 0 Å². The minimum Gasteiger partial charge on any atom is -0.263 e. The SMILES string of the molecule is O=S(=O)(c1cccnc1)N(C#Cc1ccccc1)Cc1ccccc1. The van der Waals surface area contributed by atoms with Gasteiger partial charge in [0, 0.05) is 24.0 Å². The molecule has 5 heteroatoms. The van der Waals surface area contributed by atoms with Gasteiger partial charge in [-0.1, -0.05) is 48.5 Å². The Balaban J connectivity index is 1.99. The number of aromatic nitrogens is 1. The Morgan fingerprint density at radius 3 is 2.20 bits per heavy atom. The largest absolute Gasteiger partial charge is 0.272 e. The van der Waals surface area contributed by atoms with Crippen molar-refractivity contribution < 1.29 is 8.42 Å². The third-order valence-corrected chi connectivity index (χ3v) is 5.13. The van der Waals surface area contributed by atoms with Crippen molar-refractivity contribution in [3.63, 3.8) is 0 Å². The molecule has 1 aromatic heterocycles. The van der Waals surface area contributed by atoms with Crippen LogP contribution in [0.4, 0.5) is 0 Å². The molecule has 0 aliphatic carbocycles. The Morgan fingerprint density at radius 1 is 0.880 bits per heavy atom. The molecule has 0 spiro atoms. The van der Waals surface area contributed by atoms with Crippen LogP contribution >= 0.6 is 0 Å². The van der Waals surface area contributed by atoms with E-state index in [2.05, 4.69) is 16.9 Å². The summed E-state index contributed by atoms with van der Waals surface area (Å²) in [4.78, 5) is 4.02. The van der Waals surface area contributed by atoms with E-state index in [0.717, 1.165) is 15.4 Å². The smallest absolute Gasteiger partial charge is 0.263 e. The van der Waals surface area contributed by atoms with Crippen LogP contribution in [-0.4, -0.2) is 17.7 Å². The lowest BCUT2D eigenvalue weighted by Gasteiger charge is -2.17. The zero-order valence-corrected chi connectivity index (χ0v) is 14.2. The molecule has 4 nitrogen and oxygen atoms in total. The predicted molar refractivity (Wildman–Crippen MR) is 96.7 cm³/mol. The molecule has 0 atom stereocenters. The fraction of sp³-hybridized carbons (Fsp3) is 0.0500. The number of nitrogens with zero attached hydrogens (tertiary/aromatic N) is 2. The standard InChI is InChI=1S/C20H16N2O2S/c23-25(24,20-12-7-14-21-16-20)22(17-19-10-5-2-6-11-19)15-13-18-8-3-1-4-9-18/h1-12,14,16H,17H2. The maximum atomic E-state index is 12.9. The summed E-state index contributed by atoms with van der Waals surface area (Å²) in [5.41, 5.74) is 1.61.